The molecule has 0 bridgehead atoms. The first-order chi connectivity index (χ1) is 8.65. The number of hydrogen-bond donors (Lipinski definition) is 2. The van der Waals surface area contributed by atoms with Gasteiger partial charge in [0.05, 0.1) is 5.69 Å². The number of carbonyl (C=O) groups is 1. The standard InChI is InChI=1S/C13H12BrN3O/c1-9-6-7-12(15-8-9)17-13(18)16-11-5-3-2-4-10(11)14/h2-8H,1H3,(H2,15,16,17,18). The third-order valence-corrected chi connectivity index (χ3v) is 2.97. The van der Waals surface area contributed by atoms with E-state index in [1.54, 1.807) is 12.3 Å². The third-order valence-electron chi connectivity index (χ3n) is 2.28. The summed E-state index contributed by atoms with van der Waals surface area (Å²) in [5.74, 6) is 0.519. The Kier molecular flexibility index (Phi) is 3.94. The number of anilines is 2. The third kappa shape index (κ3) is 3.30. The number of pyridine rings is 1. The molecule has 0 aliphatic heterocycles. The van der Waals surface area contributed by atoms with Gasteiger partial charge in [0, 0.05) is 10.7 Å². The molecule has 18 heavy (non-hydrogen) atoms. The number of rotatable bonds is 2. The summed E-state index contributed by atoms with van der Waals surface area (Å²) >= 11 is 3.36. The van der Waals surface area contributed by atoms with Gasteiger partial charge in [-0.3, -0.25) is 5.32 Å². The van der Waals surface area contributed by atoms with Gasteiger partial charge >= 0.3 is 6.03 Å². The zero-order valence-electron chi connectivity index (χ0n) is 9.77. The number of urea groups is 1. The summed E-state index contributed by atoms with van der Waals surface area (Å²) in [7, 11) is 0. The molecule has 0 atom stereocenters. The molecule has 0 radical (unpaired) electrons. The molecular formula is C13H12BrN3O. The van der Waals surface area contributed by atoms with Crippen LogP contribution in [0.15, 0.2) is 47.1 Å². The van der Waals surface area contributed by atoms with Crippen molar-refractivity contribution in [1.82, 2.24) is 4.98 Å². The molecule has 0 aliphatic rings. The normalized spacial score (nSPS) is 9.89. The first-order valence-corrected chi connectivity index (χ1v) is 6.19. The number of aryl methyl sites for hydroxylation is 1. The maximum atomic E-state index is 11.7. The van der Waals surface area contributed by atoms with Crippen molar-refractivity contribution in [2.75, 3.05) is 10.6 Å². The van der Waals surface area contributed by atoms with Gasteiger partial charge in [0.15, 0.2) is 0 Å². The van der Waals surface area contributed by atoms with Crippen molar-refractivity contribution in [3.63, 3.8) is 0 Å². The average molecular weight is 306 g/mol. The molecule has 0 unspecified atom stereocenters. The molecule has 0 spiro atoms. The van der Waals surface area contributed by atoms with Gasteiger partial charge in [-0.25, -0.2) is 9.78 Å². The van der Waals surface area contributed by atoms with Gasteiger partial charge in [-0.2, -0.15) is 0 Å². The van der Waals surface area contributed by atoms with Crippen molar-refractivity contribution >= 4 is 33.5 Å². The van der Waals surface area contributed by atoms with Crippen molar-refractivity contribution in [3.05, 3.63) is 52.6 Å². The molecule has 1 aromatic heterocycles. The molecule has 2 amide bonds. The average Bonchev–Trinajstić information content (AvgIpc) is 2.35. The Morgan fingerprint density at radius 2 is 1.94 bits per heavy atom. The van der Waals surface area contributed by atoms with Crippen molar-refractivity contribution in [2.45, 2.75) is 6.92 Å². The Bertz CT molecular complexity index is 554. The zero-order valence-corrected chi connectivity index (χ0v) is 11.4. The van der Waals surface area contributed by atoms with Crippen molar-refractivity contribution in [3.8, 4) is 0 Å². The molecule has 2 N–H and O–H groups in total. The number of nitrogens with one attached hydrogen (secondary N) is 2. The van der Waals surface area contributed by atoms with Crippen LogP contribution in [0.2, 0.25) is 0 Å². The van der Waals surface area contributed by atoms with Crippen LogP contribution in [0.3, 0.4) is 0 Å². The molecular weight excluding hydrogens is 294 g/mol. The van der Waals surface area contributed by atoms with Gasteiger partial charge in [-0.15, -0.1) is 0 Å². The van der Waals surface area contributed by atoms with E-state index in [1.807, 2.05) is 37.3 Å². The molecule has 0 saturated heterocycles. The highest BCUT2D eigenvalue weighted by molar-refractivity contribution is 9.10. The number of amides is 2. The highest BCUT2D eigenvalue weighted by Gasteiger charge is 2.05. The minimum Gasteiger partial charge on any atom is -0.307 e. The highest BCUT2D eigenvalue weighted by Crippen LogP contribution is 2.21. The summed E-state index contributed by atoms with van der Waals surface area (Å²) < 4.78 is 0.831. The molecule has 0 aliphatic carbocycles. The predicted molar refractivity (Wildman–Crippen MR) is 75.8 cm³/mol. The number of hydrogen-bond acceptors (Lipinski definition) is 2. The van der Waals surface area contributed by atoms with E-state index in [2.05, 4.69) is 31.5 Å². The van der Waals surface area contributed by atoms with Crippen LogP contribution in [0.1, 0.15) is 5.56 Å². The van der Waals surface area contributed by atoms with Gasteiger partial charge in [-0.05, 0) is 46.6 Å². The Morgan fingerprint density at radius 1 is 1.17 bits per heavy atom. The Morgan fingerprint density at radius 3 is 2.61 bits per heavy atom. The molecule has 0 saturated carbocycles. The second-order valence-corrected chi connectivity index (χ2v) is 4.63. The smallest absolute Gasteiger partial charge is 0.307 e. The van der Waals surface area contributed by atoms with Crippen LogP contribution in [0.4, 0.5) is 16.3 Å². The van der Waals surface area contributed by atoms with E-state index in [0.29, 0.717) is 11.5 Å². The molecule has 2 rings (SSSR count). The van der Waals surface area contributed by atoms with Crippen molar-refractivity contribution in [1.29, 1.82) is 0 Å². The predicted octanol–water partition coefficient (Wildman–Crippen LogP) is 3.80. The molecule has 2 aromatic rings. The highest BCUT2D eigenvalue weighted by atomic mass is 79.9. The first kappa shape index (κ1) is 12.6. The van der Waals surface area contributed by atoms with Crippen LogP contribution in [0.25, 0.3) is 0 Å². The summed E-state index contributed by atoms with van der Waals surface area (Å²) in [5, 5.41) is 5.40. The lowest BCUT2D eigenvalue weighted by molar-refractivity contribution is 0.262. The number of aromatic nitrogens is 1. The molecule has 0 fully saturated rings. The SMILES string of the molecule is Cc1ccc(NC(=O)Nc2ccccc2Br)nc1. The lowest BCUT2D eigenvalue weighted by Crippen LogP contribution is -2.20. The maximum Gasteiger partial charge on any atom is 0.324 e. The minimum atomic E-state index is -0.321. The summed E-state index contributed by atoms with van der Waals surface area (Å²) in [6.45, 7) is 1.94. The summed E-state index contributed by atoms with van der Waals surface area (Å²) in [6.07, 6.45) is 1.70. The minimum absolute atomic E-state index is 0.321. The summed E-state index contributed by atoms with van der Waals surface area (Å²) in [4.78, 5) is 15.8. The Balaban J connectivity index is 2.01. The van der Waals surface area contributed by atoms with Crippen LogP contribution >= 0.6 is 15.9 Å². The molecule has 1 heterocycles. The van der Waals surface area contributed by atoms with Crippen LogP contribution < -0.4 is 10.6 Å². The van der Waals surface area contributed by atoms with E-state index in [0.717, 1.165) is 10.0 Å². The van der Waals surface area contributed by atoms with E-state index in [-0.39, 0.29) is 6.03 Å². The quantitative estimate of drug-likeness (QED) is 0.886. The number of halogens is 1. The summed E-state index contributed by atoms with van der Waals surface area (Å²) in [6, 6.07) is 10.7. The second kappa shape index (κ2) is 5.64. The lowest BCUT2D eigenvalue weighted by atomic mass is 10.3. The van der Waals surface area contributed by atoms with Crippen LogP contribution in [0.5, 0.6) is 0 Å². The largest absolute Gasteiger partial charge is 0.324 e. The maximum absolute atomic E-state index is 11.7. The van der Waals surface area contributed by atoms with E-state index >= 15 is 0 Å². The molecule has 4 nitrogen and oxygen atoms in total. The number of para-hydroxylation sites is 1. The Labute approximate surface area is 114 Å². The van der Waals surface area contributed by atoms with Gasteiger partial charge in [0.2, 0.25) is 0 Å². The van der Waals surface area contributed by atoms with E-state index in [4.69, 9.17) is 0 Å². The number of nitrogens with zero attached hydrogens (tertiary/aromatic N) is 1. The molecule has 92 valence electrons. The number of benzene rings is 1. The van der Waals surface area contributed by atoms with Gasteiger partial charge < -0.3 is 5.32 Å². The second-order valence-electron chi connectivity index (χ2n) is 3.78. The monoisotopic (exact) mass is 305 g/mol. The van der Waals surface area contributed by atoms with Gasteiger partial charge in [-0.1, -0.05) is 18.2 Å². The van der Waals surface area contributed by atoms with Gasteiger partial charge in [0.1, 0.15) is 5.82 Å². The molecule has 1 aromatic carbocycles. The van der Waals surface area contributed by atoms with Crippen LogP contribution in [-0.2, 0) is 0 Å². The molecule has 5 heteroatoms. The summed E-state index contributed by atoms with van der Waals surface area (Å²) in [5.41, 5.74) is 1.76. The van der Waals surface area contributed by atoms with Crippen molar-refractivity contribution in [2.24, 2.45) is 0 Å². The topological polar surface area (TPSA) is 54.0 Å². The van der Waals surface area contributed by atoms with E-state index in [9.17, 15) is 4.79 Å². The van der Waals surface area contributed by atoms with Gasteiger partial charge in [0.25, 0.3) is 0 Å². The van der Waals surface area contributed by atoms with E-state index < -0.39 is 0 Å². The fourth-order valence-electron chi connectivity index (χ4n) is 1.37. The lowest BCUT2D eigenvalue weighted by Gasteiger charge is -2.08. The van der Waals surface area contributed by atoms with E-state index in [1.165, 1.54) is 0 Å². The Hall–Kier alpha value is -1.88. The van der Waals surface area contributed by atoms with Crippen LogP contribution in [0, 0.1) is 6.92 Å². The zero-order chi connectivity index (χ0) is 13.0. The first-order valence-electron chi connectivity index (χ1n) is 5.40. The fraction of sp³-hybridized carbons (Fsp3) is 0.0769. The van der Waals surface area contributed by atoms with Crippen molar-refractivity contribution < 1.29 is 4.79 Å². The van der Waals surface area contributed by atoms with Crippen LogP contribution in [-0.4, -0.2) is 11.0 Å². The number of carbonyl (C=O) groups excluding carboxylic acids is 1. The fourth-order valence-corrected chi connectivity index (χ4v) is 1.76.